The average molecular weight is 345 g/mol. The molecule has 2 rings (SSSR count). The van der Waals surface area contributed by atoms with Gasteiger partial charge in [0.25, 0.3) is 0 Å². The molecule has 0 saturated carbocycles. The summed E-state index contributed by atoms with van der Waals surface area (Å²) in [4.78, 5) is 1.92. The largest absolute Gasteiger partial charge is 0.506 e. The van der Waals surface area contributed by atoms with Crippen molar-refractivity contribution in [1.29, 1.82) is 0 Å². The molecule has 2 aromatic rings. The van der Waals surface area contributed by atoms with Crippen LogP contribution in [0.3, 0.4) is 0 Å². The van der Waals surface area contributed by atoms with Crippen LogP contribution in [-0.2, 0) is 5.41 Å². The van der Waals surface area contributed by atoms with Crippen LogP contribution in [0.5, 0.6) is 11.5 Å². The highest BCUT2D eigenvalue weighted by Gasteiger charge is 2.21. The minimum atomic E-state index is -0.0947. The predicted octanol–water partition coefficient (Wildman–Crippen LogP) is 6.33. The highest BCUT2D eigenvalue weighted by Crippen LogP contribution is 2.43. The van der Waals surface area contributed by atoms with Gasteiger partial charge in [-0.3, -0.25) is 0 Å². The maximum atomic E-state index is 10.8. The van der Waals surface area contributed by atoms with Crippen LogP contribution in [0.15, 0.2) is 46.2 Å². The Kier molecular flexibility index (Phi) is 6.22. The van der Waals surface area contributed by atoms with Gasteiger partial charge in [0.05, 0.1) is 16.4 Å². The Morgan fingerprint density at radius 2 is 1.79 bits per heavy atom. The molecule has 24 heavy (non-hydrogen) atoms. The second kappa shape index (κ2) is 7.98. The molecule has 0 heterocycles. The lowest BCUT2D eigenvalue weighted by atomic mass is 9.85. The second-order valence-corrected chi connectivity index (χ2v) is 8.24. The number of aryl methyl sites for hydroxylation is 1. The Labute approximate surface area is 150 Å². The van der Waals surface area contributed by atoms with E-state index in [2.05, 4.69) is 40.7 Å². The van der Waals surface area contributed by atoms with Crippen molar-refractivity contribution in [2.75, 3.05) is 6.61 Å². The zero-order valence-electron chi connectivity index (χ0n) is 15.3. The zero-order valence-corrected chi connectivity index (χ0v) is 16.2. The third-order valence-corrected chi connectivity index (χ3v) is 4.94. The molecule has 0 aliphatic rings. The summed E-state index contributed by atoms with van der Waals surface area (Å²) in [5, 5.41) is 10.8. The van der Waals surface area contributed by atoms with Crippen LogP contribution in [0, 0.1) is 6.92 Å². The SMILES string of the molecule is CCCCOc1ccccc1Sc1cc(C)cc(C(C)(C)C)c1O. The number of hydrogen-bond donors (Lipinski definition) is 1. The van der Waals surface area contributed by atoms with E-state index in [4.69, 9.17) is 4.74 Å². The van der Waals surface area contributed by atoms with Crippen molar-refractivity contribution in [2.45, 2.75) is 62.7 Å². The topological polar surface area (TPSA) is 29.5 Å². The summed E-state index contributed by atoms with van der Waals surface area (Å²) < 4.78 is 5.91. The van der Waals surface area contributed by atoms with E-state index < -0.39 is 0 Å². The molecule has 0 atom stereocenters. The fraction of sp³-hybridized carbons (Fsp3) is 0.429. The summed E-state index contributed by atoms with van der Waals surface area (Å²) in [5.41, 5.74) is 2.04. The third kappa shape index (κ3) is 4.70. The Bertz CT molecular complexity index is 687. The molecule has 0 bridgehead atoms. The summed E-state index contributed by atoms with van der Waals surface area (Å²) >= 11 is 1.57. The van der Waals surface area contributed by atoms with Gasteiger partial charge < -0.3 is 9.84 Å². The van der Waals surface area contributed by atoms with E-state index in [0.29, 0.717) is 5.75 Å². The van der Waals surface area contributed by atoms with E-state index >= 15 is 0 Å². The van der Waals surface area contributed by atoms with Crippen LogP contribution in [0.4, 0.5) is 0 Å². The maximum Gasteiger partial charge on any atom is 0.133 e. The molecule has 0 fully saturated rings. The molecule has 2 nitrogen and oxygen atoms in total. The molecule has 0 amide bonds. The first kappa shape index (κ1) is 18.7. The molecule has 0 spiro atoms. The van der Waals surface area contributed by atoms with Gasteiger partial charge >= 0.3 is 0 Å². The van der Waals surface area contributed by atoms with Crippen LogP contribution in [0.2, 0.25) is 0 Å². The van der Waals surface area contributed by atoms with Crippen molar-refractivity contribution < 1.29 is 9.84 Å². The number of hydrogen-bond acceptors (Lipinski definition) is 3. The van der Waals surface area contributed by atoms with Crippen LogP contribution in [-0.4, -0.2) is 11.7 Å². The normalized spacial score (nSPS) is 11.5. The Balaban J connectivity index is 2.34. The minimum absolute atomic E-state index is 0.0947. The quantitative estimate of drug-likeness (QED) is 0.621. The van der Waals surface area contributed by atoms with Gasteiger partial charge in [-0.05, 0) is 42.5 Å². The first-order valence-electron chi connectivity index (χ1n) is 8.56. The fourth-order valence-corrected chi connectivity index (χ4v) is 3.56. The second-order valence-electron chi connectivity index (χ2n) is 7.16. The predicted molar refractivity (Wildman–Crippen MR) is 103 cm³/mol. The highest BCUT2D eigenvalue weighted by molar-refractivity contribution is 7.99. The number of benzene rings is 2. The number of unbranched alkanes of at least 4 members (excludes halogenated alkanes) is 1. The molecule has 0 aliphatic carbocycles. The van der Waals surface area contributed by atoms with E-state index in [0.717, 1.165) is 46.1 Å². The van der Waals surface area contributed by atoms with E-state index in [1.807, 2.05) is 30.3 Å². The van der Waals surface area contributed by atoms with Crippen molar-refractivity contribution in [3.8, 4) is 11.5 Å². The van der Waals surface area contributed by atoms with Gasteiger partial charge in [-0.2, -0.15) is 0 Å². The fourth-order valence-electron chi connectivity index (χ4n) is 2.49. The lowest BCUT2D eigenvalue weighted by Gasteiger charge is -2.23. The van der Waals surface area contributed by atoms with Crippen LogP contribution in [0.25, 0.3) is 0 Å². The Morgan fingerprint density at radius 3 is 2.46 bits per heavy atom. The lowest BCUT2D eigenvalue weighted by Crippen LogP contribution is -2.12. The van der Waals surface area contributed by atoms with E-state index in [1.54, 1.807) is 11.8 Å². The van der Waals surface area contributed by atoms with Crippen LogP contribution < -0.4 is 4.74 Å². The summed E-state index contributed by atoms with van der Waals surface area (Å²) in [6.07, 6.45) is 2.16. The van der Waals surface area contributed by atoms with E-state index in [9.17, 15) is 5.11 Å². The van der Waals surface area contributed by atoms with Gasteiger partial charge in [0.15, 0.2) is 0 Å². The summed E-state index contributed by atoms with van der Waals surface area (Å²) in [6, 6.07) is 12.1. The van der Waals surface area contributed by atoms with E-state index in [1.165, 1.54) is 0 Å². The minimum Gasteiger partial charge on any atom is -0.506 e. The molecule has 2 aromatic carbocycles. The summed E-state index contributed by atoms with van der Waals surface area (Å²) in [6.45, 7) is 11.3. The van der Waals surface area contributed by atoms with Crippen molar-refractivity contribution in [2.24, 2.45) is 0 Å². The van der Waals surface area contributed by atoms with Gasteiger partial charge in [-0.15, -0.1) is 0 Å². The standard InChI is InChI=1S/C21H28O2S/c1-6-7-12-23-17-10-8-9-11-18(17)24-19-14-15(2)13-16(20(19)22)21(3,4)5/h8-11,13-14,22H,6-7,12H2,1-5H3. The zero-order chi connectivity index (χ0) is 17.7. The monoisotopic (exact) mass is 344 g/mol. The number of aromatic hydroxyl groups is 1. The number of phenols is 1. The first-order chi connectivity index (χ1) is 11.3. The van der Waals surface area contributed by atoms with Gasteiger partial charge in [-0.1, -0.05) is 64.1 Å². The van der Waals surface area contributed by atoms with E-state index in [-0.39, 0.29) is 5.41 Å². The van der Waals surface area contributed by atoms with Gasteiger partial charge in [-0.25, -0.2) is 0 Å². The Hall–Kier alpha value is -1.61. The molecule has 0 unspecified atom stereocenters. The van der Waals surface area contributed by atoms with Crippen LogP contribution >= 0.6 is 11.8 Å². The molecule has 1 N–H and O–H groups in total. The molecule has 130 valence electrons. The summed E-state index contributed by atoms with van der Waals surface area (Å²) in [5.74, 6) is 1.26. The van der Waals surface area contributed by atoms with Crippen molar-refractivity contribution >= 4 is 11.8 Å². The van der Waals surface area contributed by atoms with Gasteiger partial charge in [0.2, 0.25) is 0 Å². The number of phenolic OH excluding ortho intramolecular Hbond substituents is 1. The molecule has 3 heteroatoms. The van der Waals surface area contributed by atoms with Gasteiger partial charge in [0.1, 0.15) is 11.5 Å². The number of rotatable bonds is 6. The first-order valence-corrected chi connectivity index (χ1v) is 9.38. The highest BCUT2D eigenvalue weighted by atomic mass is 32.2. The average Bonchev–Trinajstić information content (AvgIpc) is 2.51. The maximum absolute atomic E-state index is 10.8. The smallest absolute Gasteiger partial charge is 0.133 e. The molecule has 0 aromatic heterocycles. The number of para-hydroxylation sites is 1. The lowest BCUT2D eigenvalue weighted by molar-refractivity contribution is 0.302. The van der Waals surface area contributed by atoms with Crippen molar-refractivity contribution in [3.05, 3.63) is 47.5 Å². The van der Waals surface area contributed by atoms with Crippen LogP contribution in [0.1, 0.15) is 51.7 Å². The molecule has 0 radical (unpaired) electrons. The summed E-state index contributed by atoms with van der Waals surface area (Å²) in [7, 11) is 0. The Morgan fingerprint density at radius 1 is 1.08 bits per heavy atom. The van der Waals surface area contributed by atoms with Crippen molar-refractivity contribution in [3.63, 3.8) is 0 Å². The van der Waals surface area contributed by atoms with Crippen molar-refractivity contribution in [1.82, 2.24) is 0 Å². The molecular formula is C21H28O2S. The molecular weight excluding hydrogens is 316 g/mol. The molecule has 0 saturated heterocycles. The van der Waals surface area contributed by atoms with Gasteiger partial charge in [0, 0.05) is 5.56 Å². The number of ether oxygens (including phenoxy) is 1. The third-order valence-electron chi connectivity index (χ3n) is 3.85. The molecule has 0 aliphatic heterocycles.